The third-order valence-electron chi connectivity index (χ3n) is 3.44. The summed E-state index contributed by atoms with van der Waals surface area (Å²) in [5.41, 5.74) is 8.19. The van der Waals surface area contributed by atoms with Crippen molar-refractivity contribution in [2.75, 3.05) is 13.2 Å². The summed E-state index contributed by atoms with van der Waals surface area (Å²) in [6, 6.07) is 4.69. The SMILES string of the molecule is CCOCCCC(NN)c1cc(C)c(C)cc1C. The molecule has 0 aliphatic heterocycles. The molecule has 0 spiro atoms. The molecular formula is C15H26N2O. The average Bonchev–Trinajstić information content (AvgIpc) is 2.35. The molecule has 0 radical (unpaired) electrons. The Morgan fingerprint density at radius 1 is 1.17 bits per heavy atom. The first-order valence-corrected chi connectivity index (χ1v) is 6.71. The van der Waals surface area contributed by atoms with Crippen molar-refractivity contribution in [1.29, 1.82) is 0 Å². The summed E-state index contributed by atoms with van der Waals surface area (Å²) in [6.07, 6.45) is 2.02. The first-order valence-electron chi connectivity index (χ1n) is 6.71. The monoisotopic (exact) mass is 250 g/mol. The lowest BCUT2D eigenvalue weighted by molar-refractivity contribution is 0.141. The van der Waals surface area contributed by atoms with E-state index in [4.69, 9.17) is 10.6 Å². The van der Waals surface area contributed by atoms with Gasteiger partial charge in [0.1, 0.15) is 0 Å². The fourth-order valence-electron chi connectivity index (χ4n) is 2.22. The molecule has 1 rings (SSSR count). The molecule has 1 aromatic rings. The predicted molar refractivity (Wildman–Crippen MR) is 76.4 cm³/mol. The molecule has 0 bridgehead atoms. The maximum absolute atomic E-state index is 5.69. The highest BCUT2D eigenvalue weighted by molar-refractivity contribution is 5.38. The number of nitrogens with two attached hydrogens (primary N) is 1. The van der Waals surface area contributed by atoms with Crippen molar-refractivity contribution in [1.82, 2.24) is 5.43 Å². The Morgan fingerprint density at radius 2 is 1.83 bits per heavy atom. The van der Waals surface area contributed by atoms with Gasteiger partial charge in [-0.2, -0.15) is 0 Å². The van der Waals surface area contributed by atoms with Crippen LogP contribution < -0.4 is 11.3 Å². The largest absolute Gasteiger partial charge is 0.382 e. The lowest BCUT2D eigenvalue weighted by atomic mass is 9.94. The van der Waals surface area contributed by atoms with E-state index in [2.05, 4.69) is 38.3 Å². The van der Waals surface area contributed by atoms with Crippen molar-refractivity contribution in [3.05, 3.63) is 34.4 Å². The Kier molecular flexibility index (Phi) is 6.33. The Labute approximate surface area is 111 Å². The van der Waals surface area contributed by atoms with Gasteiger partial charge in [-0.15, -0.1) is 0 Å². The molecule has 0 aliphatic rings. The van der Waals surface area contributed by atoms with Crippen molar-refractivity contribution < 1.29 is 4.74 Å². The van der Waals surface area contributed by atoms with Gasteiger partial charge in [0.05, 0.1) is 0 Å². The second kappa shape index (κ2) is 7.52. The highest BCUT2D eigenvalue weighted by Crippen LogP contribution is 2.24. The molecule has 0 saturated carbocycles. The lowest BCUT2D eigenvalue weighted by Crippen LogP contribution is -2.29. The zero-order valence-electron chi connectivity index (χ0n) is 12.0. The molecule has 1 unspecified atom stereocenters. The van der Waals surface area contributed by atoms with Crippen LogP contribution in [-0.2, 0) is 4.74 Å². The summed E-state index contributed by atoms with van der Waals surface area (Å²) in [6.45, 7) is 10.0. The quantitative estimate of drug-likeness (QED) is 0.444. The molecule has 102 valence electrons. The summed E-state index contributed by atoms with van der Waals surface area (Å²) < 4.78 is 5.37. The van der Waals surface area contributed by atoms with Gasteiger partial charge in [-0.25, -0.2) is 0 Å². The van der Waals surface area contributed by atoms with Crippen LogP contribution in [0, 0.1) is 20.8 Å². The fraction of sp³-hybridized carbons (Fsp3) is 0.600. The van der Waals surface area contributed by atoms with Gasteiger partial charge in [0.2, 0.25) is 0 Å². The van der Waals surface area contributed by atoms with Crippen LogP contribution >= 0.6 is 0 Å². The van der Waals surface area contributed by atoms with E-state index in [9.17, 15) is 0 Å². The van der Waals surface area contributed by atoms with Crippen LogP contribution in [0.25, 0.3) is 0 Å². The Balaban J connectivity index is 2.72. The molecular weight excluding hydrogens is 224 g/mol. The van der Waals surface area contributed by atoms with Crippen LogP contribution in [0.4, 0.5) is 0 Å². The van der Waals surface area contributed by atoms with E-state index in [0.29, 0.717) is 0 Å². The number of hydrogen-bond donors (Lipinski definition) is 2. The van der Waals surface area contributed by atoms with Gasteiger partial charge in [-0.05, 0) is 62.8 Å². The van der Waals surface area contributed by atoms with Crippen molar-refractivity contribution in [2.45, 2.75) is 46.6 Å². The smallest absolute Gasteiger partial charge is 0.0466 e. The van der Waals surface area contributed by atoms with Gasteiger partial charge in [-0.1, -0.05) is 12.1 Å². The van der Waals surface area contributed by atoms with Crippen LogP contribution in [0.5, 0.6) is 0 Å². The molecule has 1 aromatic carbocycles. The molecule has 18 heavy (non-hydrogen) atoms. The van der Waals surface area contributed by atoms with E-state index in [1.807, 2.05) is 6.92 Å². The topological polar surface area (TPSA) is 47.3 Å². The summed E-state index contributed by atoms with van der Waals surface area (Å²) in [5.74, 6) is 5.69. The molecule has 0 aliphatic carbocycles. The minimum atomic E-state index is 0.213. The Bertz CT molecular complexity index is 377. The highest BCUT2D eigenvalue weighted by Gasteiger charge is 2.13. The molecule has 3 heteroatoms. The van der Waals surface area contributed by atoms with Crippen LogP contribution in [0.15, 0.2) is 12.1 Å². The minimum Gasteiger partial charge on any atom is -0.382 e. The van der Waals surface area contributed by atoms with Gasteiger partial charge in [0.15, 0.2) is 0 Å². The van der Waals surface area contributed by atoms with Crippen LogP contribution in [-0.4, -0.2) is 13.2 Å². The normalized spacial score (nSPS) is 12.7. The van der Waals surface area contributed by atoms with Crippen molar-refractivity contribution in [3.8, 4) is 0 Å². The lowest BCUT2D eigenvalue weighted by Gasteiger charge is -2.20. The molecule has 0 heterocycles. The minimum absolute atomic E-state index is 0.213. The van der Waals surface area contributed by atoms with E-state index in [1.54, 1.807) is 0 Å². The summed E-state index contributed by atoms with van der Waals surface area (Å²) in [4.78, 5) is 0. The zero-order valence-corrected chi connectivity index (χ0v) is 12.0. The van der Waals surface area contributed by atoms with Crippen LogP contribution in [0.1, 0.15) is 48.1 Å². The van der Waals surface area contributed by atoms with Crippen molar-refractivity contribution in [2.24, 2.45) is 5.84 Å². The first-order chi connectivity index (χ1) is 8.60. The molecule has 0 amide bonds. The summed E-state index contributed by atoms with van der Waals surface area (Å²) >= 11 is 0. The Morgan fingerprint density at radius 3 is 2.44 bits per heavy atom. The van der Waals surface area contributed by atoms with Gasteiger partial charge < -0.3 is 4.74 Å². The average molecular weight is 250 g/mol. The van der Waals surface area contributed by atoms with E-state index in [-0.39, 0.29) is 6.04 Å². The number of aryl methyl sites for hydroxylation is 3. The van der Waals surface area contributed by atoms with Gasteiger partial charge in [0.25, 0.3) is 0 Å². The van der Waals surface area contributed by atoms with Crippen molar-refractivity contribution >= 4 is 0 Å². The van der Waals surface area contributed by atoms with E-state index >= 15 is 0 Å². The first kappa shape index (κ1) is 15.2. The van der Waals surface area contributed by atoms with Crippen LogP contribution in [0.3, 0.4) is 0 Å². The molecule has 1 atom stereocenters. The van der Waals surface area contributed by atoms with Gasteiger partial charge in [0, 0.05) is 19.3 Å². The predicted octanol–water partition coefficient (Wildman–Crippen LogP) is 2.93. The molecule has 3 N–H and O–H groups in total. The van der Waals surface area contributed by atoms with E-state index < -0.39 is 0 Å². The number of nitrogens with one attached hydrogen (secondary N) is 1. The number of benzene rings is 1. The van der Waals surface area contributed by atoms with Gasteiger partial charge in [-0.3, -0.25) is 11.3 Å². The standard InChI is InChI=1S/C15H26N2O/c1-5-18-8-6-7-15(17-16)14-10-12(3)11(2)9-13(14)4/h9-10,15,17H,5-8,16H2,1-4H3. The summed E-state index contributed by atoms with van der Waals surface area (Å²) in [5, 5.41) is 0. The number of ether oxygens (including phenoxy) is 1. The van der Waals surface area contributed by atoms with E-state index in [0.717, 1.165) is 26.1 Å². The second-order valence-corrected chi connectivity index (χ2v) is 4.85. The van der Waals surface area contributed by atoms with Crippen molar-refractivity contribution in [3.63, 3.8) is 0 Å². The number of hydrazine groups is 1. The molecule has 3 nitrogen and oxygen atoms in total. The molecule has 0 fully saturated rings. The fourth-order valence-corrected chi connectivity index (χ4v) is 2.22. The Hall–Kier alpha value is -0.900. The molecule has 0 saturated heterocycles. The number of rotatable bonds is 7. The molecule has 0 aromatic heterocycles. The highest BCUT2D eigenvalue weighted by atomic mass is 16.5. The van der Waals surface area contributed by atoms with Gasteiger partial charge >= 0.3 is 0 Å². The summed E-state index contributed by atoms with van der Waals surface area (Å²) in [7, 11) is 0. The van der Waals surface area contributed by atoms with E-state index in [1.165, 1.54) is 22.3 Å². The zero-order chi connectivity index (χ0) is 13.5. The maximum atomic E-state index is 5.69. The second-order valence-electron chi connectivity index (χ2n) is 4.85. The third kappa shape index (κ3) is 4.09. The maximum Gasteiger partial charge on any atom is 0.0466 e. The number of hydrogen-bond acceptors (Lipinski definition) is 3. The van der Waals surface area contributed by atoms with Crippen LogP contribution in [0.2, 0.25) is 0 Å². The third-order valence-corrected chi connectivity index (χ3v) is 3.44.